The minimum atomic E-state index is -0.381. The molecule has 114 valence electrons. The second kappa shape index (κ2) is 4.75. The van der Waals surface area contributed by atoms with E-state index in [9.17, 15) is 4.79 Å². The van der Waals surface area contributed by atoms with E-state index in [4.69, 9.17) is 9.47 Å². The minimum Gasteiger partial charge on any atom is -0.497 e. The Morgan fingerprint density at radius 3 is 2.67 bits per heavy atom. The Bertz CT molecular complexity index is 580. The number of hydrogen-bond donors (Lipinski definition) is 0. The summed E-state index contributed by atoms with van der Waals surface area (Å²) < 4.78 is 10.5. The van der Waals surface area contributed by atoms with Crippen LogP contribution < -0.4 is 4.74 Å². The van der Waals surface area contributed by atoms with E-state index in [2.05, 4.69) is 26.0 Å². The summed E-state index contributed by atoms with van der Waals surface area (Å²) in [6.07, 6.45) is 4.08. The van der Waals surface area contributed by atoms with Crippen molar-refractivity contribution in [3.8, 4) is 5.75 Å². The van der Waals surface area contributed by atoms with Gasteiger partial charge in [0.2, 0.25) is 0 Å². The summed E-state index contributed by atoms with van der Waals surface area (Å²) in [5, 5.41) is 0. The van der Waals surface area contributed by atoms with E-state index in [0.29, 0.717) is 5.92 Å². The monoisotopic (exact) mass is 288 g/mol. The van der Waals surface area contributed by atoms with Crippen LogP contribution >= 0.6 is 0 Å². The fourth-order valence-electron chi connectivity index (χ4n) is 4.77. The maximum Gasteiger partial charge on any atom is 0.311 e. The third-order valence-corrected chi connectivity index (χ3v) is 5.93. The molecule has 0 aliphatic heterocycles. The van der Waals surface area contributed by atoms with Crippen molar-refractivity contribution in [3.63, 3.8) is 0 Å². The highest BCUT2D eigenvalue weighted by molar-refractivity contribution is 5.77. The molecule has 21 heavy (non-hydrogen) atoms. The van der Waals surface area contributed by atoms with Crippen molar-refractivity contribution >= 4 is 5.97 Å². The molecular formula is C18H24O3. The smallest absolute Gasteiger partial charge is 0.311 e. The summed E-state index contributed by atoms with van der Waals surface area (Å²) in [6.45, 7) is 4.40. The van der Waals surface area contributed by atoms with Crippen molar-refractivity contribution in [2.24, 2.45) is 11.3 Å². The fourth-order valence-corrected chi connectivity index (χ4v) is 4.77. The van der Waals surface area contributed by atoms with Crippen LogP contribution in [0.5, 0.6) is 5.75 Å². The average Bonchev–Trinajstić information content (AvgIpc) is 2.80. The van der Waals surface area contributed by atoms with Gasteiger partial charge in [-0.15, -0.1) is 0 Å². The van der Waals surface area contributed by atoms with E-state index in [-0.39, 0.29) is 16.8 Å². The number of hydrogen-bond acceptors (Lipinski definition) is 3. The molecule has 0 heterocycles. The van der Waals surface area contributed by atoms with Crippen LogP contribution in [-0.4, -0.2) is 20.2 Å². The molecule has 2 aliphatic carbocycles. The van der Waals surface area contributed by atoms with Gasteiger partial charge >= 0.3 is 5.97 Å². The van der Waals surface area contributed by atoms with E-state index < -0.39 is 0 Å². The van der Waals surface area contributed by atoms with Gasteiger partial charge in [0.1, 0.15) is 5.75 Å². The lowest BCUT2D eigenvalue weighted by atomic mass is 9.56. The van der Waals surface area contributed by atoms with Crippen LogP contribution in [0.3, 0.4) is 0 Å². The van der Waals surface area contributed by atoms with Crippen LogP contribution in [0, 0.1) is 11.3 Å². The standard InChI is InChI=1S/C18H24O3/c1-17-8-5-9-18(2,16(19)21-4)15(17)11-12-10-13(20-3)6-7-14(12)17/h6-7,10,15H,5,8-9,11H2,1-4H3/t15-,17+,18-/m1/s1. The summed E-state index contributed by atoms with van der Waals surface area (Å²) in [6, 6.07) is 6.37. The average molecular weight is 288 g/mol. The molecule has 1 aromatic carbocycles. The highest BCUT2D eigenvalue weighted by Gasteiger charge is 2.57. The summed E-state index contributed by atoms with van der Waals surface area (Å²) in [5.41, 5.74) is 2.42. The van der Waals surface area contributed by atoms with Gasteiger partial charge in [-0.3, -0.25) is 4.79 Å². The summed E-state index contributed by atoms with van der Waals surface area (Å²) in [4.78, 5) is 12.4. The molecule has 0 amide bonds. The topological polar surface area (TPSA) is 35.5 Å². The van der Waals surface area contributed by atoms with E-state index in [1.165, 1.54) is 18.2 Å². The number of methoxy groups -OCH3 is 2. The maximum absolute atomic E-state index is 12.4. The van der Waals surface area contributed by atoms with Gasteiger partial charge in [0.05, 0.1) is 19.6 Å². The lowest BCUT2D eigenvalue weighted by Crippen LogP contribution is -2.48. The zero-order valence-electron chi connectivity index (χ0n) is 13.4. The SMILES string of the molecule is COC(=O)[C@]1(C)CCC[C@@]2(C)c3ccc(OC)cc3C[C@@H]12. The first-order valence-corrected chi connectivity index (χ1v) is 7.71. The van der Waals surface area contributed by atoms with Gasteiger partial charge in [0, 0.05) is 0 Å². The predicted molar refractivity (Wildman–Crippen MR) is 81.5 cm³/mol. The van der Waals surface area contributed by atoms with E-state index in [1.54, 1.807) is 7.11 Å². The number of carbonyl (C=O) groups is 1. The molecular weight excluding hydrogens is 264 g/mol. The number of esters is 1. The van der Waals surface area contributed by atoms with Gasteiger partial charge in [-0.25, -0.2) is 0 Å². The number of ether oxygens (including phenoxy) is 2. The van der Waals surface area contributed by atoms with Crippen molar-refractivity contribution in [3.05, 3.63) is 29.3 Å². The second-order valence-electron chi connectivity index (χ2n) is 6.96. The van der Waals surface area contributed by atoms with Gasteiger partial charge in [-0.2, -0.15) is 0 Å². The molecule has 3 heteroatoms. The van der Waals surface area contributed by atoms with Crippen molar-refractivity contribution in [1.82, 2.24) is 0 Å². The lowest BCUT2D eigenvalue weighted by Gasteiger charge is -2.47. The van der Waals surface area contributed by atoms with Crippen molar-refractivity contribution in [1.29, 1.82) is 0 Å². The highest BCUT2D eigenvalue weighted by Crippen LogP contribution is 2.59. The second-order valence-corrected chi connectivity index (χ2v) is 6.96. The van der Waals surface area contributed by atoms with Crippen LogP contribution in [0.25, 0.3) is 0 Å². The maximum atomic E-state index is 12.4. The highest BCUT2D eigenvalue weighted by atomic mass is 16.5. The molecule has 0 bridgehead atoms. The summed E-state index contributed by atoms with van der Waals surface area (Å²) >= 11 is 0. The molecule has 0 N–H and O–H groups in total. The molecule has 0 unspecified atom stereocenters. The fraction of sp³-hybridized carbons (Fsp3) is 0.611. The normalized spacial score (nSPS) is 34.0. The third-order valence-electron chi connectivity index (χ3n) is 5.93. The zero-order chi connectivity index (χ0) is 15.3. The Hall–Kier alpha value is -1.51. The lowest BCUT2D eigenvalue weighted by molar-refractivity contribution is -0.159. The number of fused-ring (bicyclic) bond motifs is 3. The van der Waals surface area contributed by atoms with Crippen LogP contribution in [0.1, 0.15) is 44.2 Å². The molecule has 0 spiro atoms. The summed E-state index contributed by atoms with van der Waals surface area (Å²) in [5.74, 6) is 1.15. The Labute approximate surface area is 126 Å². The van der Waals surface area contributed by atoms with Crippen LogP contribution in [-0.2, 0) is 21.4 Å². The van der Waals surface area contributed by atoms with Crippen LogP contribution in [0.15, 0.2) is 18.2 Å². The molecule has 0 saturated heterocycles. The van der Waals surface area contributed by atoms with Crippen molar-refractivity contribution in [2.75, 3.05) is 14.2 Å². The molecule has 0 aromatic heterocycles. The Morgan fingerprint density at radius 2 is 2.00 bits per heavy atom. The molecule has 1 saturated carbocycles. The van der Waals surface area contributed by atoms with Gasteiger partial charge in [0.25, 0.3) is 0 Å². The third kappa shape index (κ3) is 1.90. The van der Waals surface area contributed by atoms with Crippen molar-refractivity contribution in [2.45, 2.75) is 44.9 Å². The van der Waals surface area contributed by atoms with Gasteiger partial charge in [-0.05, 0) is 60.8 Å². The first kappa shape index (κ1) is 14.4. The number of benzene rings is 1. The first-order chi connectivity index (χ1) is 9.95. The molecule has 1 fully saturated rings. The zero-order valence-corrected chi connectivity index (χ0v) is 13.4. The molecule has 0 radical (unpaired) electrons. The van der Waals surface area contributed by atoms with Crippen LogP contribution in [0.2, 0.25) is 0 Å². The van der Waals surface area contributed by atoms with Crippen LogP contribution in [0.4, 0.5) is 0 Å². The number of carbonyl (C=O) groups excluding carboxylic acids is 1. The molecule has 1 aromatic rings. The van der Waals surface area contributed by atoms with Crippen molar-refractivity contribution < 1.29 is 14.3 Å². The van der Waals surface area contributed by atoms with Gasteiger partial charge in [0.15, 0.2) is 0 Å². The van der Waals surface area contributed by atoms with E-state index >= 15 is 0 Å². The Kier molecular flexibility index (Phi) is 3.27. The predicted octanol–water partition coefficient (Wildman–Crippen LogP) is 3.49. The Balaban J connectivity index is 2.07. The quantitative estimate of drug-likeness (QED) is 0.781. The first-order valence-electron chi connectivity index (χ1n) is 7.71. The van der Waals surface area contributed by atoms with Gasteiger partial charge in [-0.1, -0.05) is 19.4 Å². The van der Waals surface area contributed by atoms with E-state index in [0.717, 1.165) is 31.4 Å². The Morgan fingerprint density at radius 1 is 1.24 bits per heavy atom. The molecule has 2 aliphatic rings. The summed E-state index contributed by atoms with van der Waals surface area (Å²) in [7, 11) is 3.20. The minimum absolute atomic E-state index is 0.0572. The van der Waals surface area contributed by atoms with Gasteiger partial charge < -0.3 is 9.47 Å². The largest absolute Gasteiger partial charge is 0.497 e. The molecule has 3 nitrogen and oxygen atoms in total. The molecule has 3 rings (SSSR count). The number of rotatable bonds is 2. The van der Waals surface area contributed by atoms with E-state index in [1.807, 2.05) is 6.07 Å². The molecule has 3 atom stereocenters.